The maximum atomic E-state index is 11.9. The summed E-state index contributed by atoms with van der Waals surface area (Å²) in [6.45, 7) is 3.69. The fourth-order valence-electron chi connectivity index (χ4n) is 1.70. The summed E-state index contributed by atoms with van der Waals surface area (Å²) in [6.07, 6.45) is -0.483. The highest BCUT2D eigenvalue weighted by Crippen LogP contribution is 2.20. The van der Waals surface area contributed by atoms with Gasteiger partial charge in [0.1, 0.15) is 18.2 Å². The van der Waals surface area contributed by atoms with Gasteiger partial charge in [0.15, 0.2) is 0 Å². The molecular formula is C13H15NO4. The number of alkyl carbamates (subject to hydrolysis) is 1. The molecule has 1 saturated heterocycles. The topological polar surface area (TPSA) is 64.6 Å². The molecule has 0 saturated carbocycles. The van der Waals surface area contributed by atoms with Gasteiger partial charge in [-0.25, -0.2) is 9.59 Å². The first-order chi connectivity index (χ1) is 8.49. The molecule has 1 amide bonds. The van der Waals surface area contributed by atoms with Gasteiger partial charge < -0.3 is 14.8 Å². The predicted octanol–water partition coefficient (Wildman–Crippen LogP) is 1.73. The molecule has 5 heteroatoms. The van der Waals surface area contributed by atoms with Crippen LogP contribution in [0.2, 0.25) is 0 Å². The molecule has 1 fully saturated rings. The van der Waals surface area contributed by atoms with Gasteiger partial charge >= 0.3 is 12.1 Å². The first-order valence-electron chi connectivity index (χ1n) is 5.71. The van der Waals surface area contributed by atoms with E-state index in [9.17, 15) is 9.59 Å². The van der Waals surface area contributed by atoms with Crippen LogP contribution in [0.4, 0.5) is 4.79 Å². The number of benzene rings is 1. The highest BCUT2D eigenvalue weighted by atomic mass is 16.6. The second-order valence-corrected chi connectivity index (χ2v) is 4.65. The van der Waals surface area contributed by atoms with Crippen molar-refractivity contribution in [2.45, 2.75) is 25.5 Å². The van der Waals surface area contributed by atoms with E-state index in [2.05, 4.69) is 5.32 Å². The largest absolute Gasteiger partial charge is 0.454 e. The van der Waals surface area contributed by atoms with E-state index < -0.39 is 17.7 Å². The van der Waals surface area contributed by atoms with Gasteiger partial charge in [-0.2, -0.15) is 0 Å². The molecule has 1 aromatic carbocycles. The van der Waals surface area contributed by atoms with Crippen molar-refractivity contribution in [3.8, 4) is 0 Å². The van der Waals surface area contributed by atoms with Crippen molar-refractivity contribution in [1.82, 2.24) is 5.32 Å². The van der Waals surface area contributed by atoms with Crippen LogP contribution >= 0.6 is 0 Å². The molecule has 1 aliphatic heterocycles. The van der Waals surface area contributed by atoms with Crippen LogP contribution in [0.3, 0.4) is 0 Å². The Morgan fingerprint density at radius 1 is 1.39 bits per heavy atom. The second kappa shape index (κ2) is 4.68. The van der Waals surface area contributed by atoms with E-state index in [1.165, 1.54) is 0 Å². The summed E-state index contributed by atoms with van der Waals surface area (Å²) in [4.78, 5) is 22.9. The van der Waals surface area contributed by atoms with E-state index in [1.807, 2.05) is 6.07 Å². The highest BCUT2D eigenvalue weighted by molar-refractivity contribution is 5.89. The standard InChI is InChI=1S/C13H15NO4/c1-13(2,10-8-17-12(16)14-10)18-11(15)9-6-4-3-5-7-9/h3-7,10H,8H2,1-2H3,(H,14,16)/t10-/m1/s1. The Hall–Kier alpha value is -2.04. The summed E-state index contributed by atoms with van der Waals surface area (Å²) in [5.41, 5.74) is -0.338. The lowest BCUT2D eigenvalue weighted by molar-refractivity contribution is -0.0167. The maximum Gasteiger partial charge on any atom is 0.407 e. The lowest BCUT2D eigenvalue weighted by Crippen LogP contribution is -2.48. The molecule has 2 rings (SSSR count). The number of hydrogen-bond acceptors (Lipinski definition) is 4. The highest BCUT2D eigenvalue weighted by Gasteiger charge is 2.39. The van der Waals surface area contributed by atoms with E-state index in [1.54, 1.807) is 38.1 Å². The number of nitrogens with one attached hydrogen (secondary N) is 1. The zero-order valence-corrected chi connectivity index (χ0v) is 10.3. The summed E-state index contributed by atoms with van der Waals surface area (Å²) in [7, 11) is 0. The van der Waals surface area contributed by atoms with Crippen LogP contribution in [0.1, 0.15) is 24.2 Å². The van der Waals surface area contributed by atoms with Gasteiger partial charge in [0, 0.05) is 0 Å². The van der Waals surface area contributed by atoms with Crippen LogP contribution in [0.5, 0.6) is 0 Å². The molecule has 5 nitrogen and oxygen atoms in total. The van der Waals surface area contributed by atoms with Crippen molar-refractivity contribution in [2.75, 3.05) is 6.61 Å². The summed E-state index contributed by atoms with van der Waals surface area (Å²) >= 11 is 0. The predicted molar refractivity (Wildman–Crippen MR) is 64.2 cm³/mol. The Bertz CT molecular complexity index is 455. The molecule has 0 aliphatic carbocycles. The molecule has 18 heavy (non-hydrogen) atoms. The van der Waals surface area contributed by atoms with E-state index >= 15 is 0 Å². The normalized spacial score (nSPS) is 19.0. The number of rotatable bonds is 3. The molecule has 1 heterocycles. The van der Waals surface area contributed by atoms with E-state index in [-0.39, 0.29) is 12.6 Å². The summed E-state index contributed by atoms with van der Waals surface area (Å²) in [6, 6.07) is 8.39. The number of carbonyl (C=O) groups is 2. The average molecular weight is 249 g/mol. The van der Waals surface area contributed by atoms with Gasteiger partial charge in [0.25, 0.3) is 0 Å². The van der Waals surface area contributed by atoms with Gasteiger partial charge in [-0.3, -0.25) is 0 Å². The van der Waals surface area contributed by atoms with Gasteiger partial charge in [-0.15, -0.1) is 0 Å². The summed E-state index contributed by atoms with van der Waals surface area (Å²) in [5, 5.41) is 2.61. The first-order valence-corrected chi connectivity index (χ1v) is 5.71. The smallest absolute Gasteiger partial charge is 0.407 e. The molecule has 96 valence electrons. The molecule has 0 radical (unpaired) electrons. The molecule has 0 bridgehead atoms. The van der Waals surface area contributed by atoms with Gasteiger partial charge in [0.2, 0.25) is 0 Å². The van der Waals surface area contributed by atoms with Crippen LogP contribution in [0.25, 0.3) is 0 Å². The second-order valence-electron chi connectivity index (χ2n) is 4.65. The van der Waals surface area contributed by atoms with Crippen LogP contribution < -0.4 is 5.32 Å². The number of cyclic esters (lactones) is 1. The lowest BCUT2D eigenvalue weighted by atomic mass is 10.00. The third-order valence-electron chi connectivity index (χ3n) is 2.88. The summed E-state index contributed by atoms with van der Waals surface area (Å²) < 4.78 is 10.2. The monoisotopic (exact) mass is 249 g/mol. The number of hydrogen-bond donors (Lipinski definition) is 1. The van der Waals surface area contributed by atoms with Gasteiger partial charge in [0.05, 0.1) is 5.56 Å². The molecule has 1 atom stereocenters. The molecule has 1 N–H and O–H groups in total. The van der Waals surface area contributed by atoms with E-state index in [0.29, 0.717) is 5.56 Å². The van der Waals surface area contributed by atoms with Gasteiger partial charge in [-0.1, -0.05) is 18.2 Å². The molecule has 0 unspecified atom stereocenters. The maximum absolute atomic E-state index is 11.9. The Labute approximate surface area is 105 Å². The van der Waals surface area contributed by atoms with Crippen molar-refractivity contribution in [3.05, 3.63) is 35.9 Å². The summed E-state index contributed by atoms with van der Waals surface area (Å²) in [5.74, 6) is -0.415. The van der Waals surface area contributed by atoms with Gasteiger partial charge in [-0.05, 0) is 26.0 Å². The van der Waals surface area contributed by atoms with Crippen LogP contribution in [-0.2, 0) is 9.47 Å². The zero-order chi connectivity index (χ0) is 13.2. The fraction of sp³-hybridized carbons (Fsp3) is 0.385. The molecule has 0 aromatic heterocycles. The third-order valence-corrected chi connectivity index (χ3v) is 2.88. The molecular weight excluding hydrogens is 234 g/mol. The van der Waals surface area contributed by atoms with Crippen molar-refractivity contribution in [1.29, 1.82) is 0 Å². The minimum absolute atomic E-state index is 0.202. The van der Waals surface area contributed by atoms with Crippen molar-refractivity contribution in [2.24, 2.45) is 0 Å². The minimum Gasteiger partial charge on any atom is -0.454 e. The number of esters is 1. The SMILES string of the molecule is CC(C)(OC(=O)c1ccccc1)[C@H]1COC(=O)N1. The van der Waals surface area contributed by atoms with E-state index in [4.69, 9.17) is 9.47 Å². The number of carbonyl (C=O) groups excluding carboxylic acids is 2. The molecule has 1 aliphatic rings. The molecule has 1 aromatic rings. The zero-order valence-electron chi connectivity index (χ0n) is 10.3. The van der Waals surface area contributed by atoms with Crippen LogP contribution in [-0.4, -0.2) is 30.3 Å². The minimum atomic E-state index is -0.820. The Morgan fingerprint density at radius 2 is 2.06 bits per heavy atom. The quantitative estimate of drug-likeness (QED) is 0.828. The van der Waals surface area contributed by atoms with Crippen molar-refractivity contribution in [3.63, 3.8) is 0 Å². The van der Waals surface area contributed by atoms with E-state index in [0.717, 1.165) is 0 Å². The lowest BCUT2D eigenvalue weighted by Gasteiger charge is -2.29. The van der Waals surface area contributed by atoms with Crippen molar-refractivity contribution < 1.29 is 19.1 Å². The van der Waals surface area contributed by atoms with Crippen molar-refractivity contribution >= 4 is 12.1 Å². The Morgan fingerprint density at radius 3 is 2.61 bits per heavy atom. The Kier molecular flexibility index (Phi) is 3.23. The third kappa shape index (κ3) is 2.61. The Balaban J connectivity index is 2.04. The first kappa shape index (κ1) is 12.4. The number of amides is 1. The average Bonchev–Trinajstić information content (AvgIpc) is 2.77. The van der Waals surface area contributed by atoms with Crippen LogP contribution in [0, 0.1) is 0 Å². The van der Waals surface area contributed by atoms with Crippen LogP contribution in [0.15, 0.2) is 30.3 Å². The number of ether oxygens (including phenoxy) is 2. The fourth-order valence-corrected chi connectivity index (χ4v) is 1.70. The molecule has 0 spiro atoms.